The van der Waals surface area contributed by atoms with Gasteiger partial charge < -0.3 is 9.84 Å². The number of rotatable bonds is 5. The van der Waals surface area contributed by atoms with Crippen LogP contribution in [0.1, 0.15) is 42.1 Å². The van der Waals surface area contributed by atoms with Crippen molar-refractivity contribution in [2.75, 3.05) is 0 Å². The first-order valence-corrected chi connectivity index (χ1v) is 6.44. The second kappa shape index (κ2) is 6.14. The molecule has 5 heteroatoms. The maximum atomic E-state index is 10.7. The van der Waals surface area contributed by atoms with E-state index in [0.717, 1.165) is 12.0 Å². The molecular weight excluding hydrogens is 256 g/mol. The molecular formula is C15H16N2O3. The number of ether oxygens (including phenoxy) is 1. The van der Waals surface area contributed by atoms with Gasteiger partial charge in [0.2, 0.25) is 0 Å². The molecule has 0 bridgehead atoms. The minimum atomic E-state index is -1.06. The third-order valence-corrected chi connectivity index (χ3v) is 3.14. The average molecular weight is 272 g/mol. The first-order valence-electron chi connectivity index (χ1n) is 6.44. The van der Waals surface area contributed by atoms with Crippen molar-refractivity contribution in [1.29, 1.82) is 0 Å². The molecule has 5 nitrogen and oxygen atoms in total. The Morgan fingerprint density at radius 2 is 1.95 bits per heavy atom. The van der Waals surface area contributed by atoms with Gasteiger partial charge in [-0.25, -0.2) is 14.8 Å². The van der Waals surface area contributed by atoms with Gasteiger partial charge in [0.05, 0.1) is 5.56 Å². The predicted octanol–water partition coefficient (Wildman–Crippen LogP) is 3.48. The Morgan fingerprint density at radius 1 is 1.30 bits per heavy atom. The van der Waals surface area contributed by atoms with Gasteiger partial charge in [0, 0.05) is 12.4 Å². The second-order valence-electron chi connectivity index (χ2n) is 4.51. The van der Waals surface area contributed by atoms with E-state index in [4.69, 9.17) is 9.84 Å². The molecule has 1 unspecified atom stereocenters. The van der Waals surface area contributed by atoms with Crippen LogP contribution in [-0.4, -0.2) is 21.0 Å². The summed E-state index contributed by atoms with van der Waals surface area (Å²) in [5.74, 6) is 0.00553. The number of aromatic carboxylic acids is 1. The van der Waals surface area contributed by atoms with E-state index in [9.17, 15) is 4.79 Å². The van der Waals surface area contributed by atoms with Crippen molar-refractivity contribution in [3.8, 4) is 11.8 Å². The van der Waals surface area contributed by atoms with Gasteiger partial charge >= 0.3 is 12.0 Å². The van der Waals surface area contributed by atoms with Crippen LogP contribution in [0.2, 0.25) is 0 Å². The highest BCUT2D eigenvalue weighted by Crippen LogP contribution is 2.30. The zero-order valence-electron chi connectivity index (χ0n) is 11.4. The molecule has 0 radical (unpaired) electrons. The molecule has 0 saturated carbocycles. The summed E-state index contributed by atoms with van der Waals surface area (Å²) in [7, 11) is 0. The van der Waals surface area contributed by atoms with Gasteiger partial charge in [-0.15, -0.1) is 0 Å². The van der Waals surface area contributed by atoms with Crippen molar-refractivity contribution >= 4 is 5.97 Å². The predicted molar refractivity (Wildman–Crippen MR) is 74.2 cm³/mol. The van der Waals surface area contributed by atoms with Crippen molar-refractivity contribution in [2.24, 2.45) is 0 Å². The van der Waals surface area contributed by atoms with E-state index < -0.39 is 5.97 Å². The van der Waals surface area contributed by atoms with E-state index in [1.165, 1.54) is 12.4 Å². The van der Waals surface area contributed by atoms with Gasteiger partial charge in [-0.05, 0) is 24.0 Å². The lowest BCUT2D eigenvalue weighted by atomic mass is 9.98. The van der Waals surface area contributed by atoms with Crippen LogP contribution >= 0.6 is 0 Å². The highest BCUT2D eigenvalue weighted by Gasteiger charge is 2.12. The van der Waals surface area contributed by atoms with E-state index in [1.807, 2.05) is 24.3 Å². The third kappa shape index (κ3) is 3.12. The number of hydrogen-bond acceptors (Lipinski definition) is 4. The van der Waals surface area contributed by atoms with Crippen molar-refractivity contribution in [3.05, 3.63) is 47.8 Å². The number of benzene rings is 1. The highest BCUT2D eigenvalue weighted by atomic mass is 16.5. The summed E-state index contributed by atoms with van der Waals surface area (Å²) in [5, 5.41) is 8.79. The summed E-state index contributed by atoms with van der Waals surface area (Å²) in [4.78, 5) is 18.5. The van der Waals surface area contributed by atoms with Crippen LogP contribution in [0.25, 0.3) is 0 Å². The molecule has 0 aliphatic rings. The van der Waals surface area contributed by atoms with Crippen LogP contribution < -0.4 is 4.74 Å². The van der Waals surface area contributed by atoms with E-state index in [0.29, 0.717) is 11.7 Å². The minimum absolute atomic E-state index is 0.0348. The Balaban J connectivity index is 2.23. The molecule has 0 aliphatic carbocycles. The third-order valence-electron chi connectivity index (χ3n) is 3.14. The fourth-order valence-corrected chi connectivity index (χ4v) is 1.78. The molecule has 2 rings (SSSR count). The molecule has 0 saturated heterocycles. The van der Waals surface area contributed by atoms with Crippen LogP contribution in [0.15, 0.2) is 36.7 Å². The standard InChI is InChI=1S/C15H16N2O3/c1-3-10(2)12-6-4-5-7-13(12)20-15-16-8-11(9-17-15)14(18)19/h4-10H,3H2,1-2H3,(H,18,19). The largest absolute Gasteiger partial charge is 0.478 e. The normalized spacial score (nSPS) is 11.9. The molecule has 0 aliphatic heterocycles. The highest BCUT2D eigenvalue weighted by molar-refractivity contribution is 5.86. The fourth-order valence-electron chi connectivity index (χ4n) is 1.78. The van der Waals surface area contributed by atoms with E-state index >= 15 is 0 Å². The average Bonchev–Trinajstić information content (AvgIpc) is 2.47. The van der Waals surface area contributed by atoms with Crippen LogP contribution in [0.4, 0.5) is 0 Å². The number of carbonyl (C=O) groups is 1. The van der Waals surface area contributed by atoms with Crippen LogP contribution in [0, 0.1) is 0 Å². The maximum Gasteiger partial charge on any atom is 0.338 e. The van der Waals surface area contributed by atoms with Crippen LogP contribution in [0.5, 0.6) is 11.8 Å². The SMILES string of the molecule is CCC(C)c1ccccc1Oc1ncc(C(=O)O)cn1. The van der Waals surface area contributed by atoms with Gasteiger partial charge in [-0.3, -0.25) is 0 Å². The molecule has 1 heterocycles. The molecule has 1 aromatic carbocycles. The molecule has 104 valence electrons. The van der Waals surface area contributed by atoms with Crippen LogP contribution in [-0.2, 0) is 0 Å². The number of aromatic nitrogens is 2. The Labute approximate surface area is 117 Å². The van der Waals surface area contributed by atoms with Gasteiger partial charge in [0.25, 0.3) is 0 Å². The summed E-state index contributed by atoms with van der Waals surface area (Å²) < 4.78 is 5.65. The number of hydrogen-bond donors (Lipinski definition) is 1. The summed E-state index contributed by atoms with van der Waals surface area (Å²) in [6.45, 7) is 4.23. The zero-order valence-corrected chi connectivity index (χ0v) is 11.4. The molecule has 0 spiro atoms. The van der Waals surface area contributed by atoms with Crippen molar-refractivity contribution in [1.82, 2.24) is 9.97 Å². The topological polar surface area (TPSA) is 72.3 Å². The van der Waals surface area contributed by atoms with E-state index in [-0.39, 0.29) is 11.6 Å². The minimum Gasteiger partial charge on any atom is -0.478 e. The second-order valence-corrected chi connectivity index (χ2v) is 4.51. The lowest BCUT2D eigenvalue weighted by Crippen LogP contribution is -2.01. The summed E-state index contributed by atoms with van der Waals surface area (Å²) >= 11 is 0. The Kier molecular flexibility index (Phi) is 4.30. The fraction of sp³-hybridized carbons (Fsp3) is 0.267. The molecule has 1 aromatic heterocycles. The first kappa shape index (κ1) is 14.0. The number of nitrogens with zero attached hydrogens (tertiary/aromatic N) is 2. The molecule has 0 amide bonds. The van der Waals surface area contributed by atoms with Gasteiger partial charge in [-0.1, -0.05) is 32.0 Å². The van der Waals surface area contributed by atoms with E-state index in [1.54, 1.807) is 0 Å². The maximum absolute atomic E-state index is 10.7. The molecule has 0 fully saturated rings. The molecule has 20 heavy (non-hydrogen) atoms. The quantitative estimate of drug-likeness (QED) is 0.902. The van der Waals surface area contributed by atoms with Gasteiger partial charge in [0.15, 0.2) is 0 Å². The lowest BCUT2D eigenvalue weighted by Gasteiger charge is -2.14. The van der Waals surface area contributed by atoms with E-state index in [2.05, 4.69) is 23.8 Å². The Bertz CT molecular complexity index is 596. The van der Waals surface area contributed by atoms with Crippen LogP contribution in [0.3, 0.4) is 0 Å². The monoisotopic (exact) mass is 272 g/mol. The number of carboxylic acid groups (broad SMARTS) is 1. The van der Waals surface area contributed by atoms with Crippen molar-refractivity contribution in [2.45, 2.75) is 26.2 Å². The lowest BCUT2D eigenvalue weighted by molar-refractivity contribution is 0.0696. The van der Waals surface area contributed by atoms with Crippen molar-refractivity contribution < 1.29 is 14.6 Å². The Morgan fingerprint density at radius 3 is 2.55 bits per heavy atom. The first-order chi connectivity index (χ1) is 9.61. The zero-order chi connectivity index (χ0) is 14.5. The van der Waals surface area contributed by atoms with Gasteiger partial charge in [-0.2, -0.15) is 0 Å². The van der Waals surface area contributed by atoms with Crippen molar-refractivity contribution in [3.63, 3.8) is 0 Å². The Hall–Kier alpha value is -2.43. The smallest absolute Gasteiger partial charge is 0.338 e. The number of para-hydroxylation sites is 1. The molecule has 1 atom stereocenters. The summed E-state index contributed by atoms with van der Waals surface area (Å²) in [6.07, 6.45) is 3.46. The van der Waals surface area contributed by atoms with Gasteiger partial charge in [0.1, 0.15) is 5.75 Å². The molecule has 2 aromatic rings. The summed E-state index contributed by atoms with van der Waals surface area (Å²) in [5.41, 5.74) is 1.12. The summed E-state index contributed by atoms with van der Waals surface area (Å²) in [6, 6.07) is 7.85. The number of carboxylic acids is 1. The molecule has 1 N–H and O–H groups in total.